The molecule has 15 heavy (non-hydrogen) atoms. The van der Waals surface area contributed by atoms with Crippen molar-refractivity contribution in [2.75, 3.05) is 0 Å². The Morgan fingerprint density at radius 1 is 1.60 bits per heavy atom. The second-order valence-electron chi connectivity index (χ2n) is 3.02. The zero-order valence-corrected chi connectivity index (χ0v) is 9.25. The van der Waals surface area contributed by atoms with Crippen molar-refractivity contribution in [3.8, 4) is 0 Å². The van der Waals surface area contributed by atoms with Crippen LogP contribution in [0.4, 0.5) is 4.39 Å². The number of imidazole rings is 1. The summed E-state index contributed by atoms with van der Waals surface area (Å²) in [5.41, 5.74) is 0.425. The molecule has 0 aliphatic heterocycles. The molecule has 0 atom stereocenters. The third kappa shape index (κ3) is 1.41. The van der Waals surface area contributed by atoms with Gasteiger partial charge in [-0.2, -0.15) is 4.39 Å². The molecule has 0 unspecified atom stereocenters. The molecule has 0 spiro atoms. The minimum atomic E-state index is -1.20. The van der Waals surface area contributed by atoms with Crippen LogP contribution >= 0.6 is 15.9 Å². The summed E-state index contributed by atoms with van der Waals surface area (Å²) in [6.45, 7) is 1.53. The number of carboxylic acids is 1. The first-order chi connectivity index (χ1) is 7.02. The molecule has 0 saturated heterocycles. The van der Waals surface area contributed by atoms with Crippen LogP contribution in [0.1, 0.15) is 16.2 Å². The maximum absolute atomic E-state index is 13.6. The summed E-state index contributed by atoms with van der Waals surface area (Å²) in [7, 11) is 0. The van der Waals surface area contributed by atoms with Crippen LogP contribution in [-0.4, -0.2) is 20.5 Å². The Bertz CT molecular complexity index is 565. The number of rotatable bonds is 1. The quantitative estimate of drug-likeness (QED) is 0.811. The lowest BCUT2D eigenvalue weighted by molar-refractivity contribution is 0.0687. The van der Waals surface area contributed by atoms with Gasteiger partial charge in [-0.25, -0.2) is 9.78 Å². The molecule has 0 aliphatic carbocycles. The summed E-state index contributed by atoms with van der Waals surface area (Å²) in [4.78, 5) is 14.9. The van der Waals surface area contributed by atoms with Crippen LogP contribution in [-0.2, 0) is 0 Å². The van der Waals surface area contributed by atoms with Crippen molar-refractivity contribution in [2.45, 2.75) is 6.92 Å². The number of hydrogen-bond donors (Lipinski definition) is 1. The Morgan fingerprint density at radius 2 is 2.27 bits per heavy atom. The van der Waals surface area contributed by atoms with Crippen molar-refractivity contribution in [1.29, 1.82) is 0 Å². The smallest absolute Gasteiger partial charge is 0.354 e. The van der Waals surface area contributed by atoms with Crippen LogP contribution in [0.3, 0.4) is 0 Å². The lowest BCUT2D eigenvalue weighted by Crippen LogP contribution is -2.06. The van der Waals surface area contributed by atoms with Gasteiger partial charge in [0.2, 0.25) is 5.95 Å². The van der Waals surface area contributed by atoms with E-state index in [0.717, 1.165) is 4.40 Å². The van der Waals surface area contributed by atoms with Gasteiger partial charge < -0.3 is 5.11 Å². The molecule has 6 heteroatoms. The molecule has 4 nitrogen and oxygen atoms in total. The second kappa shape index (κ2) is 3.30. The highest BCUT2D eigenvalue weighted by molar-refractivity contribution is 9.10. The van der Waals surface area contributed by atoms with E-state index in [-0.39, 0.29) is 15.8 Å². The summed E-state index contributed by atoms with van der Waals surface area (Å²) < 4.78 is 14.8. The van der Waals surface area contributed by atoms with Gasteiger partial charge >= 0.3 is 5.97 Å². The van der Waals surface area contributed by atoms with Gasteiger partial charge in [0.15, 0.2) is 5.69 Å². The highest BCUT2D eigenvalue weighted by Crippen LogP contribution is 2.20. The Balaban J connectivity index is 2.96. The SMILES string of the molecule is Cc1nc2ccc(Br)c(F)n2c1C(=O)O. The zero-order chi connectivity index (χ0) is 11.2. The van der Waals surface area contributed by atoms with Gasteiger partial charge in [0.25, 0.3) is 0 Å². The van der Waals surface area contributed by atoms with Gasteiger partial charge in [0.05, 0.1) is 10.2 Å². The first-order valence-electron chi connectivity index (χ1n) is 4.08. The van der Waals surface area contributed by atoms with Crippen LogP contribution in [0, 0.1) is 12.9 Å². The van der Waals surface area contributed by atoms with E-state index in [1.807, 2.05) is 0 Å². The molecule has 0 radical (unpaired) electrons. The largest absolute Gasteiger partial charge is 0.477 e. The van der Waals surface area contributed by atoms with Gasteiger partial charge in [-0.05, 0) is 35.0 Å². The van der Waals surface area contributed by atoms with Crippen molar-refractivity contribution < 1.29 is 14.3 Å². The summed E-state index contributed by atoms with van der Waals surface area (Å²) >= 11 is 2.99. The van der Waals surface area contributed by atoms with E-state index in [2.05, 4.69) is 20.9 Å². The standard InChI is InChI=1S/C9H6BrFN2O2/c1-4-7(9(14)15)13-6(12-4)3-2-5(10)8(13)11/h2-3H,1H3,(H,14,15). The molecule has 2 rings (SSSR count). The first-order valence-corrected chi connectivity index (χ1v) is 4.88. The summed E-state index contributed by atoms with van der Waals surface area (Å²) in [6, 6.07) is 3.04. The molecule has 1 N–H and O–H groups in total. The number of halogens is 2. The van der Waals surface area contributed by atoms with Crippen LogP contribution in [0.2, 0.25) is 0 Å². The Hall–Kier alpha value is -1.43. The molecule has 0 amide bonds. The molecule has 0 aliphatic rings. The van der Waals surface area contributed by atoms with Crippen LogP contribution in [0.25, 0.3) is 5.65 Å². The lowest BCUT2D eigenvalue weighted by atomic mass is 10.3. The van der Waals surface area contributed by atoms with Gasteiger partial charge in [-0.3, -0.25) is 4.40 Å². The molecule has 0 bridgehead atoms. The lowest BCUT2D eigenvalue weighted by Gasteiger charge is -2.00. The fourth-order valence-electron chi connectivity index (χ4n) is 1.44. The number of hydrogen-bond acceptors (Lipinski definition) is 2. The average molecular weight is 273 g/mol. The highest BCUT2D eigenvalue weighted by Gasteiger charge is 2.19. The maximum Gasteiger partial charge on any atom is 0.354 e. The predicted octanol–water partition coefficient (Wildman–Crippen LogP) is 2.24. The molecule has 0 fully saturated rings. The van der Waals surface area contributed by atoms with Crippen molar-refractivity contribution in [2.24, 2.45) is 0 Å². The minimum Gasteiger partial charge on any atom is -0.477 e. The first kappa shape index (κ1) is 10.1. The fraction of sp³-hybridized carbons (Fsp3) is 0.111. The van der Waals surface area contributed by atoms with E-state index in [4.69, 9.17) is 5.11 Å². The molecule has 2 aromatic rings. The van der Waals surface area contributed by atoms with E-state index in [1.54, 1.807) is 6.07 Å². The highest BCUT2D eigenvalue weighted by atomic mass is 79.9. The average Bonchev–Trinajstić information content (AvgIpc) is 2.49. The van der Waals surface area contributed by atoms with Gasteiger partial charge in [0, 0.05) is 0 Å². The van der Waals surface area contributed by atoms with Gasteiger partial charge in [0.1, 0.15) is 5.65 Å². The monoisotopic (exact) mass is 272 g/mol. The number of aromatic carboxylic acids is 1. The number of fused-ring (bicyclic) bond motifs is 1. The number of pyridine rings is 1. The zero-order valence-electron chi connectivity index (χ0n) is 7.66. The van der Waals surface area contributed by atoms with Gasteiger partial charge in [-0.15, -0.1) is 0 Å². The molecular weight excluding hydrogens is 267 g/mol. The molecule has 0 aromatic carbocycles. The van der Waals surface area contributed by atoms with Crippen molar-refractivity contribution in [1.82, 2.24) is 9.38 Å². The Morgan fingerprint density at radius 3 is 2.87 bits per heavy atom. The number of aryl methyl sites for hydroxylation is 1. The summed E-state index contributed by atoms with van der Waals surface area (Å²) in [5, 5.41) is 8.93. The van der Waals surface area contributed by atoms with Crippen LogP contribution in [0.5, 0.6) is 0 Å². The van der Waals surface area contributed by atoms with Crippen molar-refractivity contribution >= 4 is 27.5 Å². The van der Waals surface area contributed by atoms with Crippen LogP contribution < -0.4 is 0 Å². The van der Waals surface area contributed by atoms with Gasteiger partial charge in [-0.1, -0.05) is 0 Å². The van der Waals surface area contributed by atoms with E-state index in [9.17, 15) is 9.18 Å². The normalized spacial score (nSPS) is 10.9. The van der Waals surface area contributed by atoms with Crippen molar-refractivity contribution in [3.63, 3.8) is 0 Å². The third-order valence-electron chi connectivity index (χ3n) is 2.05. The van der Waals surface area contributed by atoms with Crippen molar-refractivity contribution in [3.05, 3.63) is 33.9 Å². The number of nitrogens with zero attached hydrogens (tertiary/aromatic N) is 2. The van der Waals surface area contributed by atoms with E-state index in [1.165, 1.54) is 13.0 Å². The summed E-state index contributed by atoms with van der Waals surface area (Å²) in [6.07, 6.45) is 0. The number of carboxylic acid groups (broad SMARTS) is 1. The van der Waals surface area contributed by atoms with E-state index in [0.29, 0.717) is 5.69 Å². The Kier molecular flexibility index (Phi) is 2.22. The minimum absolute atomic E-state index is 0.149. The second-order valence-corrected chi connectivity index (χ2v) is 3.87. The number of aromatic nitrogens is 2. The predicted molar refractivity (Wildman–Crippen MR) is 54.5 cm³/mol. The Labute approximate surface area is 92.5 Å². The maximum atomic E-state index is 13.6. The third-order valence-corrected chi connectivity index (χ3v) is 2.64. The molecule has 78 valence electrons. The number of carbonyl (C=O) groups is 1. The molecule has 2 heterocycles. The molecular formula is C9H6BrFN2O2. The molecule has 2 aromatic heterocycles. The van der Waals surface area contributed by atoms with Crippen LogP contribution in [0.15, 0.2) is 16.6 Å². The van der Waals surface area contributed by atoms with E-state index >= 15 is 0 Å². The topological polar surface area (TPSA) is 54.6 Å². The molecule has 0 saturated carbocycles. The fourth-order valence-corrected chi connectivity index (χ4v) is 1.74. The van der Waals surface area contributed by atoms with E-state index < -0.39 is 11.9 Å². The summed E-state index contributed by atoms with van der Waals surface area (Å²) in [5.74, 6) is -1.86.